The first-order chi connectivity index (χ1) is 13.0. The van der Waals surface area contributed by atoms with Gasteiger partial charge in [-0.1, -0.05) is 0 Å². The fourth-order valence-corrected chi connectivity index (χ4v) is 2.76. The Balaban J connectivity index is 2.07. The lowest BCUT2D eigenvalue weighted by Crippen LogP contribution is -2.44. The average molecular weight is 376 g/mol. The maximum atomic E-state index is 12.6. The lowest BCUT2D eigenvalue weighted by atomic mass is 10.1. The molecule has 1 heterocycles. The van der Waals surface area contributed by atoms with E-state index in [1.54, 1.807) is 38.5 Å². The maximum absolute atomic E-state index is 12.6. The molecule has 1 aliphatic rings. The first-order valence-corrected chi connectivity index (χ1v) is 8.58. The van der Waals surface area contributed by atoms with Crippen LogP contribution in [0.1, 0.15) is 24.8 Å². The molecule has 0 aliphatic carbocycles. The van der Waals surface area contributed by atoms with E-state index in [4.69, 9.17) is 9.47 Å². The maximum Gasteiger partial charge on any atom is 0.306 e. The van der Waals surface area contributed by atoms with Gasteiger partial charge >= 0.3 is 5.97 Å². The van der Waals surface area contributed by atoms with Crippen molar-refractivity contribution in [2.45, 2.75) is 19.3 Å². The highest BCUT2D eigenvalue weighted by Gasteiger charge is 2.29. The summed E-state index contributed by atoms with van der Waals surface area (Å²) in [6, 6.07) is 5.27. The van der Waals surface area contributed by atoms with Crippen molar-refractivity contribution in [3.8, 4) is 11.5 Å². The number of amides is 2. The van der Waals surface area contributed by atoms with E-state index >= 15 is 0 Å². The van der Waals surface area contributed by atoms with Gasteiger partial charge in [-0.3, -0.25) is 19.4 Å². The zero-order valence-electron chi connectivity index (χ0n) is 15.8. The van der Waals surface area contributed by atoms with Crippen molar-refractivity contribution in [3.05, 3.63) is 29.8 Å². The quantitative estimate of drug-likeness (QED) is 0.531. The minimum Gasteiger partial charge on any atom is -0.497 e. The summed E-state index contributed by atoms with van der Waals surface area (Å²) >= 11 is 0. The van der Waals surface area contributed by atoms with Gasteiger partial charge in [-0.2, -0.15) is 0 Å². The molecule has 0 radical (unpaired) electrons. The molecule has 0 unspecified atom stereocenters. The van der Waals surface area contributed by atoms with Gasteiger partial charge in [-0.05, 0) is 30.7 Å². The van der Waals surface area contributed by atoms with Gasteiger partial charge in [0.2, 0.25) is 5.91 Å². The van der Waals surface area contributed by atoms with Gasteiger partial charge in [-0.25, -0.2) is 5.01 Å². The summed E-state index contributed by atoms with van der Waals surface area (Å²) in [5.74, 6) is 0.198. The van der Waals surface area contributed by atoms with Gasteiger partial charge in [0.05, 0.1) is 27.8 Å². The molecule has 146 valence electrons. The lowest BCUT2D eigenvalue weighted by Gasteiger charge is -2.26. The van der Waals surface area contributed by atoms with Crippen LogP contribution in [0.5, 0.6) is 11.5 Å². The molecular weight excluding hydrogens is 352 g/mol. The van der Waals surface area contributed by atoms with Gasteiger partial charge < -0.3 is 14.2 Å². The SMILES string of the molecule is COC(=O)CCC(=O)N1CCCN1C(=O)/C=C/c1cc(OC)ccc1OC. The number of ether oxygens (including phenoxy) is 3. The molecule has 0 bridgehead atoms. The molecule has 0 spiro atoms. The molecule has 0 saturated carbocycles. The van der Waals surface area contributed by atoms with E-state index in [-0.39, 0.29) is 24.7 Å². The number of hydrogen-bond acceptors (Lipinski definition) is 6. The van der Waals surface area contributed by atoms with Gasteiger partial charge in [-0.15, -0.1) is 0 Å². The van der Waals surface area contributed by atoms with Gasteiger partial charge in [0.25, 0.3) is 5.91 Å². The van der Waals surface area contributed by atoms with Crippen LogP contribution in [0.2, 0.25) is 0 Å². The van der Waals surface area contributed by atoms with Crippen molar-refractivity contribution in [2.75, 3.05) is 34.4 Å². The third kappa shape index (κ3) is 5.22. The van der Waals surface area contributed by atoms with Crippen LogP contribution in [0.4, 0.5) is 0 Å². The number of methoxy groups -OCH3 is 3. The van der Waals surface area contributed by atoms with Crippen LogP contribution in [-0.2, 0) is 19.1 Å². The van der Waals surface area contributed by atoms with Crippen LogP contribution in [0.25, 0.3) is 6.08 Å². The van der Waals surface area contributed by atoms with Crippen LogP contribution >= 0.6 is 0 Å². The van der Waals surface area contributed by atoms with E-state index in [0.717, 1.165) is 0 Å². The molecule has 1 aromatic carbocycles. The van der Waals surface area contributed by atoms with Crippen LogP contribution in [0, 0.1) is 0 Å². The molecule has 27 heavy (non-hydrogen) atoms. The predicted octanol–water partition coefficient (Wildman–Crippen LogP) is 1.65. The summed E-state index contributed by atoms with van der Waals surface area (Å²) < 4.78 is 15.0. The van der Waals surface area contributed by atoms with Crippen LogP contribution in [0.3, 0.4) is 0 Å². The first-order valence-electron chi connectivity index (χ1n) is 8.58. The number of hydrazine groups is 1. The molecule has 0 aromatic heterocycles. The fourth-order valence-electron chi connectivity index (χ4n) is 2.76. The Morgan fingerprint density at radius 1 is 1.04 bits per heavy atom. The number of esters is 1. The lowest BCUT2D eigenvalue weighted by molar-refractivity contribution is -0.156. The highest BCUT2D eigenvalue weighted by atomic mass is 16.5. The highest BCUT2D eigenvalue weighted by Crippen LogP contribution is 2.25. The van der Waals surface area contributed by atoms with Crippen molar-refractivity contribution >= 4 is 23.9 Å². The molecule has 0 atom stereocenters. The second-order valence-electron chi connectivity index (χ2n) is 5.85. The van der Waals surface area contributed by atoms with Crippen molar-refractivity contribution in [2.24, 2.45) is 0 Å². The molecular formula is C19H24N2O6. The second-order valence-corrected chi connectivity index (χ2v) is 5.85. The van der Waals surface area contributed by atoms with Crippen molar-refractivity contribution < 1.29 is 28.6 Å². The summed E-state index contributed by atoms with van der Waals surface area (Å²) in [4.78, 5) is 36.1. The summed E-state index contributed by atoms with van der Waals surface area (Å²) in [7, 11) is 4.38. The van der Waals surface area contributed by atoms with E-state index in [2.05, 4.69) is 4.74 Å². The van der Waals surface area contributed by atoms with Crippen LogP contribution < -0.4 is 9.47 Å². The molecule has 8 nitrogen and oxygen atoms in total. The average Bonchev–Trinajstić information content (AvgIpc) is 3.19. The summed E-state index contributed by atoms with van der Waals surface area (Å²) in [5, 5.41) is 2.78. The fraction of sp³-hybridized carbons (Fsp3) is 0.421. The molecule has 1 fully saturated rings. The largest absolute Gasteiger partial charge is 0.497 e. The zero-order valence-corrected chi connectivity index (χ0v) is 15.8. The van der Waals surface area contributed by atoms with Crippen molar-refractivity contribution in [1.82, 2.24) is 10.0 Å². The van der Waals surface area contributed by atoms with Gasteiger partial charge in [0, 0.05) is 31.1 Å². The number of hydrogen-bond donors (Lipinski definition) is 0. The van der Waals surface area contributed by atoms with Crippen molar-refractivity contribution in [1.29, 1.82) is 0 Å². The Bertz CT molecular complexity index is 731. The molecule has 1 aromatic rings. The third-order valence-electron chi connectivity index (χ3n) is 4.19. The highest BCUT2D eigenvalue weighted by molar-refractivity contribution is 5.94. The molecule has 8 heteroatoms. The third-order valence-corrected chi connectivity index (χ3v) is 4.19. The molecule has 0 N–H and O–H groups in total. The zero-order chi connectivity index (χ0) is 19.8. The number of carbonyl (C=O) groups is 3. The van der Waals surface area contributed by atoms with Crippen LogP contribution in [-0.4, -0.2) is 62.2 Å². The Morgan fingerprint density at radius 2 is 1.78 bits per heavy atom. The molecule has 1 saturated heterocycles. The molecule has 2 amide bonds. The van der Waals surface area contributed by atoms with E-state index in [0.29, 0.717) is 36.6 Å². The number of nitrogens with zero attached hydrogens (tertiary/aromatic N) is 2. The predicted molar refractivity (Wildman–Crippen MR) is 97.9 cm³/mol. The Labute approximate surface area is 158 Å². The number of carbonyl (C=O) groups excluding carboxylic acids is 3. The smallest absolute Gasteiger partial charge is 0.306 e. The Morgan fingerprint density at radius 3 is 2.44 bits per heavy atom. The minimum absolute atomic E-state index is 0.00384. The monoisotopic (exact) mass is 376 g/mol. The van der Waals surface area contributed by atoms with E-state index in [1.807, 2.05) is 0 Å². The summed E-state index contributed by atoms with van der Waals surface area (Å²) in [6.45, 7) is 0.893. The van der Waals surface area contributed by atoms with E-state index < -0.39 is 5.97 Å². The minimum atomic E-state index is -0.453. The number of rotatable bonds is 7. The first kappa shape index (κ1) is 20.3. The standard InChI is InChI=1S/C19H24N2O6/c1-25-15-6-7-16(26-2)14(13-15)5-8-17(22)20-11-4-12-21(20)18(23)9-10-19(24)27-3/h5-8,13H,4,9-12H2,1-3H3/b8-5+. The summed E-state index contributed by atoms with van der Waals surface area (Å²) in [5.41, 5.74) is 0.688. The normalized spacial score (nSPS) is 13.7. The van der Waals surface area contributed by atoms with Gasteiger partial charge in [0.15, 0.2) is 0 Å². The van der Waals surface area contributed by atoms with Gasteiger partial charge in [0.1, 0.15) is 11.5 Å². The molecule has 1 aliphatic heterocycles. The second kappa shape index (κ2) is 9.61. The Kier molecular flexibility index (Phi) is 7.22. The van der Waals surface area contributed by atoms with E-state index in [9.17, 15) is 14.4 Å². The summed E-state index contributed by atoms with van der Waals surface area (Å²) in [6.07, 6.45) is 3.70. The van der Waals surface area contributed by atoms with E-state index in [1.165, 1.54) is 23.2 Å². The van der Waals surface area contributed by atoms with Crippen LogP contribution in [0.15, 0.2) is 24.3 Å². The Hall–Kier alpha value is -3.03. The molecule has 2 rings (SSSR count). The topological polar surface area (TPSA) is 85.4 Å². The van der Waals surface area contributed by atoms with Crippen molar-refractivity contribution in [3.63, 3.8) is 0 Å². The number of benzene rings is 1.